The Labute approximate surface area is 121 Å². The molecule has 1 fully saturated rings. The Hall–Kier alpha value is -1.10. The van der Waals surface area contributed by atoms with Gasteiger partial charge in [0.25, 0.3) is 0 Å². The number of nitrogens with two attached hydrogens (primary N) is 1. The number of rotatable bonds is 5. The van der Waals surface area contributed by atoms with Gasteiger partial charge in [-0.15, -0.1) is 0 Å². The molecule has 2 N–H and O–H groups in total. The van der Waals surface area contributed by atoms with Crippen molar-refractivity contribution < 1.29 is 9.47 Å². The summed E-state index contributed by atoms with van der Waals surface area (Å²) in [7, 11) is 1.72. The summed E-state index contributed by atoms with van der Waals surface area (Å²) in [5.74, 6) is 0.941. The summed E-state index contributed by atoms with van der Waals surface area (Å²) >= 11 is 0. The van der Waals surface area contributed by atoms with Crippen LogP contribution in [0.25, 0.3) is 0 Å². The minimum Gasteiger partial charge on any atom is -0.496 e. The summed E-state index contributed by atoms with van der Waals surface area (Å²) in [6.45, 7) is 7.58. The highest BCUT2D eigenvalue weighted by Gasteiger charge is 2.26. The molecule has 1 heterocycles. The molecule has 4 heteroatoms. The zero-order valence-corrected chi connectivity index (χ0v) is 12.8. The van der Waals surface area contributed by atoms with E-state index in [1.54, 1.807) is 7.11 Å². The first kappa shape index (κ1) is 15.3. The smallest absolute Gasteiger partial charge is 0.123 e. The van der Waals surface area contributed by atoms with Crippen molar-refractivity contribution in [2.75, 3.05) is 20.3 Å². The van der Waals surface area contributed by atoms with Gasteiger partial charge in [0, 0.05) is 31.2 Å². The molecule has 1 aromatic rings. The predicted octanol–water partition coefficient (Wildman–Crippen LogP) is 2.15. The van der Waals surface area contributed by atoms with Crippen LogP contribution in [0.1, 0.15) is 31.4 Å². The van der Waals surface area contributed by atoms with Crippen LogP contribution in [0.3, 0.4) is 0 Å². The van der Waals surface area contributed by atoms with Crippen LogP contribution < -0.4 is 10.5 Å². The van der Waals surface area contributed by atoms with E-state index in [0.29, 0.717) is 18.7 Å². The zero-order valence-electron chi connectivity index (χ0n) is 12.8. The van der Waals surface area contributed by atoms with Gasteiger partial charge in [0.2, 0.25) is 0 Å². The lowest BCUT2D eigenvalue weighted by Crippen LogP contribution is -2.47. The van der Waals surface area contributed by atoms with E-state index in [2.05, 4.69) is 24.8 Å². The Morgan fingerprint density at radius 1 is 1.45 bits per heavy atom. The van der Waals surface area contributed by atoms with Gasteiger partial charge in [-0.3, -0.25) is 4.90 Å². The minimum atomic E-state index is 0.293. The van der Waals surface area contributed by atoms with E-state index < -0.39 is 0 Å². The molecule has 4 nitrogen and oxygen atoms in total. The Morgan fingerprint density at radius 2 is 2.25 bits per heavy atom. The van der Waals surface area contributed by atoms with Crippen molar-refractivity contribution in [3.63, 3.8) is 0 Å². The third kappa shape index (κ3) is 3.51. The lowest BCUT2D eigenvalue weighted by Gasteiger charge is -2.38. The fourth-order valence-electron chi connectivity index (χ4n) is 2.78. The number of morpholine rings is 1. The topological polar surface area (TPSA) is 47.7 Å². The molecule has 1 aliphatic rings. The first-order chi connectivity index (χ1) is 9.67. The van der Waals surface area contributed by atoms with Gasteiger partial charge in [0.05, 0.1) is 19.8 Å². The normalized spacial score (nSPS) is 23.8. The van der Waals surface area contributed by atoms with Gasteiger partial charge in [0.1, 0.15) is 5.75 Å². The molecular formula is C16H26N2O2. The summed E-state index contributed by atoms with van der Waals surface area (Å²) in [4.78, 5) is 2.49. The maximum atomic E-state index is 5.76. The van der Waals surface area contributed by atoms with Crippen LogP contribution in [0.4, 0.5) is 0 Å². The van der Waals surface area contributed by atoms with Crippen LogP contribution in [0.2, 0.25) is 0 Å². The maximum absolute atomic E-state index is 5.76. The molecule has 2 atom stereocenters. The summed E-state index contributed by atoms with van der Waals surface area (Å²) in [5.41, 5.74) is 8.10. The van der Waals surface area contributed by atoms with E-state index in [4.69, 9.17) is 15.2 Å². The quantitative estimate of drug-likeness (QED) is 0.896. The second-order valence-electron chi connectivity index (χ2n) is 5.49. The van der Waals surface area contributed by atoms with Gasteiger partial charge in [-0.1, -0.05) is 13.0 Å². The Balaban J connectivity index is 2.18. The van der Waals surface area contributed by atoms with Gasteiger partial charge >= 0.3 is 0 Å². The molecule has 2 unspecified atom stereocenters. The summed E-state index contributed by atoms with van der Waals surface area (Å²) in [6, 6.07) is 6.69. The lowest BCUT2D eigenvalue weighted by molar-refractivity contribution is -0.0593. The number of nitrogens with zero attached hydrogens (tertiary/aromatic N) is 1. The largest absolute Gasteiger partial charge is 0.496 e. The first-order valence-electron chi connectivity index (χ1n) is 7.39. The maximum Gasteiger partial charge on any atom is 0.123 e. The fourth-order valence-corrected chi connectivity index (χ4v) is 2.78. The van der Waals surface area contributed by atoms with Crippen LogP contribution in [0, 0.1) is 0 Å². The summed E-state index contributed by atoms with van der Waals surface area (Å²) in [6.07, 6.45) is 1.40. The number of benzene rings is 1. The first-order valence-corrected chi connectivity index (χ1v) is 7.39. The third-order valence-electron chi connectivity index (χ3n) is 4.01. The standard InChI is InChI=1S/C16H26N2O2/c1-4-15-11-20-12(2)9-18(15)10-14-7-13(8-17)5-6-16(14)19-3/h5-7,12,15H,4,8-11,17H2,1-3H3. The van der Waals surface area contributed by atoms with Gasteiger partial charge in [-0.2, -0.15) is 0 Å². The van der Waals surface area contributed by atoms with Gasteiger partial charge in [-0.25, -0.2) is 0 Å². The number of ether oxygens (including phenoxy) is 2. The van der Waals surface area contributed by atoms with Crippen molar-refractivity contribution in [1.82, 2.24) is 4.90 Å². The molecule has 0 amide bonds. The highest BCUT2D eigenvalue weighted by Crippen LogP contribution is 2.25. The van der Waals surface area contributed by atoms with Crippen molar-refractivity contribution >= 4 is 0 Å². The highest BCUT2D eigenvalue weighted by molar-refractivity contribution is 5.37. The third-order valence-corrected chi connectivity index (χ3v) is 4.01. The van der Waals surface area contributed by atoms with Crippen molar-refractivity contribution in [3.05, 3.63) is 29.3 Å². The second kappa shape index (κ2) is 7.07. The molecule has 0 radical (unpaired) electrons. The van der Waals surface area contributed by atoms with Gasteiger partial charge in [-0.05, 0) is 31.0 Å². The van der Waals surface area contributed by atoms with E-state index in [9.17, 15) is 0 Å². The average molecular weight is 278 g/mol. The molecule has 0 spiro atoms. The minimum absolute atomic E-state index is 0.293. The zero-order chi connectivity index (χ0) is 14.5. The van der Waals surface area contributed by atoms with E-state index >= 15 is 0 Å². The van der Waals surface area contributed by atoms with Crippen LogP contribution in [-0.4, -0.2) is 37.3 Å². The number of hydrogen-bond acceptors (Lipinski definition) is 4. The molecule has 2 rings (SSSR count). The van der Waals surface area contributed by atoms with Gasteiger partial charge < -0.3 is 15.2 Å². The molecule has 1 aliphatic heterocycles. The molecule has 1 saturated heterocycles. The number of hydrogen-bond donors (Lipinski definition) is 1. The molecule has 0 saturated carbocycles. The monoisotopic (exact) mass is 278 g/mol. The van der Waals surface area contributed by atoms with Crippen LogP contribution in [0.15, 0.2) is 18.2 Å². The molecule has 1 aromatic carbocycles. The molecule has 20 heavy (non-hydrogen) atoms. The van der Waals surface area contributed by atoms with E-state index in [-0.39, 0.29) is 0 Å². The SMILES string of the molecule is CCC1COC(C)CN1Cc1cc(CN)ccc1OC. The van der Waals surface area contributed by atoms with Crippen molar-refractivity contribution in [2.45, 2.75) is 45.5 Å². The summed E-state index contributed by atoms with van der Waals surface area (Å²) in [5, 5.41) is 0. The molecule has 112 valence electrons. The van der Waals surface area contributed by atoms with E-state index in [0.717, 1.165) is 37.4 Å². The molecule has 0 aromatic heterocycles. The van der Waals surface area contributed by atoms with Gasteiger partial charge in [0.15, 0.2) is 0 Å². The second-order valence-corrected chi connectivity index (χ2v) is 5.49. The Bertz CT molecular complexity index is 436. The summed E-state index contributed by atoms with van der Waals surface area (Å²) < 4.78 is 11.2. The van der Waals surface area contributed by atoms with Crippen LogP contribution in [0.5, 0.6) is 5.75 Å². The molecular weight excluding hydrogens is 252 g/mol. The Kier molecular flexibility index (Phi) is 5.40. The van der Waals surface area contributed by atoms with Crippen molar-refractivity contribution in [3.8, 4) is 5.75 Å². The average Bonchev–Trinajstić information content (AvgIpc) is 2.47. The van der Waals surface area contributed by atoms with Crippen molar-refractivity contribution in [2.24, 2.45) is 5.73 Å². The molecule has 0 bridgehead atoms. The Morgan fingerprint density at radius 3 is 2.90 bits per heavy atom. The van der Waals surface area contributed by atoms with Crippen LogP contribution >= 0.6 is 0 Å². The lowest BCUT2D eigenvalue weighted by atomic mass is 10.1. The van der Waals surface area contributed by atoms with Crippen LogP contribution in [-0.2, 0) is 17.8 Å². The van der Waals surface area contributed by atoms with E-state index in [1.165, 1.54) is 5.56 Å². The molecule has 0 aliphatic carbocycles. The van der Waals surface area contributed by atoms with E-state index in [1.807, 2.05) is 12.1 Å². The number of methoxy groups -OCH3 is 1. The highest BCUT2D eigenvalue weighted by atomic mass is 16.5. The predicted molar refractivity (Wildman–Crippen MR) is 80.8 cm³/mol. The van der Waals surface area contributed by atoms with Crippen molar-refractivity contribution in [1.29, 1.82) is 0 Å². The fraction of sp³-hybridized carbons (Fsp3) is 0.625.